The van der Waals surface area contributed by atoms with Gasteiger partial charge in [0.15, 0.2) is 0 Å². The van der Waals surface area contributed by atoms with Crippen LogP contribution in [0.5, 0.6) is 0 Å². The van der Waals surface area contributed by atoms with Crippen LogP contribution < -0.4 is 0 Å². The molecular formula is C34H46O12. The van der Waals surface area contributed by atoms with E-state index in [4.69, 9.17) is 9.47 Å². The number of rotatable bonds is 23. The highest BCUT2D eigenvalue weighted by Gasteiger charge is 2.14. The molecule has 2 aromatic carbocycles. The summed E-state index contributed by atoms with van der Waals surface area (Å²) < 4.78 is 9.66. The summed E-state index contributed by atoms with van der Waals surface area (Å²) in [4.78, 5) is 64.6. The molecule has 0 spiro atoms. The summed E-state index contributed by atoms with van der Waals surface area (Å²) in [7, 11) is 0. The highest BCUT2D eigenvalue weighted by Crippen LogP contribution is 2.12. The molecule has 0 aliphatic heterocycles. The zero-order chi connectivity index (χ0) is 33.2. The lowest BCUT2D eigenvalue weighted by molar-refractivity contribution is -0.452. The Balaban J connectivity index is 1.42. The van der Waals surface area contributed by atoms with Crippen LogP contribution in [0, 0.1) is 0 Å². The molecule has 2 aromatic rings. The van der Waals surface area contributed by atoms with E-state index in [0.29, 0.717) is 25.7 Å². The van der Waals surface area contributed by atoms with Gasteiger partial charge in [-0.15, -0.1) is 0 Å². The van der Waals surface area contributed by atoms with Gasteiger partial charge in [-0.3, -0.25) is 9.78 Å². The number of ether oxygens (including phenoxy) is 2. The van der Waals surface area contributed by atoms with Gasteiger partial charge in [0.1, 0.15) is 0 Å². The minimum atomic E-state index is -1.16. The largest absolute Gasteiger partial charge is 0.543 e. The number of carbonyl (C=O) groups is 4. The first-order valence-electron chi connectivity index (χ1n) is 16.0. The first kappa shape index (κ1) is 38.0. The second-order valence-electron chi connectivity index (χ2n) is 10.7. The summed E-state index contributed by atoms with van der Waals surface area (Å²) in [6, 6.07) is 13.9. The maximum Gasteiger partial charge on any atom is 0.543 e. The van der Waals surface area contributed by atoms with E-state index in [1.54, 1.807) is 24.3 Å². The van der Waals surface area contributed by atoms with Crippen LogP contribution in [0.4, 0.5) is 9.59 Å². The van der Waals surface area contributed by atoms with Crippen molar-refractivity contribution in [3.63, 3.8) is 0 Å². The van der Waals surface area contributed by atoms with Crippen molar-refractivity contribution in [2.75, 3.05) is 13.2 Å². The van der Waals surface area contributed by atoms with Gasteiger partial charge in [0.05, 0.1) is 34.4 Å². The molecule has 0 aromatic heterocycles. The van der Waals surface area contributed by atoms with Gasteiger partial charge in [-0.2, -0.15) is 0 Å². The first-order chi connectivity index (χ1) is 22.4. The molecule has 2 rings (SSSR count). The van der Waals surface area contributed by atoms with Crippen LogP contribution in [0.15, 0.2) is 48.5 Å². The van der Waals surface area contributed by atoms with Crippen molar-refractivity contribution < 1.29 is 58.3 Å². The van der Waals surface area contributed by atoms with E-state index in [2.05, 4.69) is 43.5 Å². The molecule has 0 amide bonds. The van der Waals surface area contributed by atoms with Crippen molar-refractivity contribution in [1.29, 1.82) is 0 Å². The molecule has 0 atom stereocenters. The van der Waals surface area contributed by atoms with Gasteiger partial charge in [-0.05, 0) is 86.8 Å². The molecule has 0 unspecified atom stereocenters. The number of hydrogen-bond donors (Lipinski definition) is 0. The molecule has 12 heteroatoms. The van der Waals surface area contributed by atoms with E-state index in [9.17, 15) is 19.2 Å². The average molecular weight is 647 g/mol. The Labute approximate surface area is 270 Å². The van der Waals surface area contributed by atoms with Gasteiger partial charge in [-0.1, -0.05) is 76.6 Å². The third-order valence-corrected chi connectivity index (χ3v) is 6.92. The van der Waals surface area contributed by atoms with Crippen LogP contribution in [-0.4, -0.2) is 37.5 Å². The quantitative estimate of drug-likeness (QED) is 0.0494. The van der Waals surface area contributed by atoms with Crippen LogP contribution in [0.1, 0.15) is 123 Å². The van der Waals surface area contributed by atoms with E-state index in [0.717, 1.165) is 36.8 Å². The normalized spacial score (nSPS) is 10.6. The number of aryl methyl sites for hydroxylation is 2. The minimum Gasteiger partial charge on any atom is -0.432 e. The molecule has 0 aliphatic rings. The zero-order valence-corrected chi connectivity index (χ0v) is 26.8. The fraction of sp³-hybridized carbons (Fsp3) is 0.529. The summed E-state index contributed by atoms with van der Waals surface area (Å²) in [5, 5.41) is 8.46. The maximum absolute atomic E-state index is 12.0. The molecule has 254 valence electrons. The Hall–Kier alpha value is -4.16. The summed E-state index contributed by atoms with van der Waals surface area (Å²) in [5.74, 6) is -1.61. The Morgan fingerprint density at radius 1 is 0.457 bits per heavy atom. The van der Waals surface area contributed by atoms with E-state index in [-0.39, 0.29) is 24.3 Å². The summed E-state index contributed by atoms with van der Waals surface area (Å²) in [6.07, 6.45) is 11.2. The van der Waals surface area contributed by atoms with E-state index >= 15 is 0 Å². The molecular weight excluding hydrogens is 600 g/mol. The van der Waals surface area contributed by atoms with Crippen molar-refractivity contribution >= 4 is 24.2 Å². The van der Waals surface area contributed by atoms with Gasteiger partial charge in [0.25, 0.3) is 0 Å². The lowest BCUT2D eigenvalue weighted by Gasteiger charge is -2.06. The van der Waals surface area contributed by atoms with Gasteiger partial charge in [-0.25, -0.2) is 29.0 Å². The van der Waals surface area contributed by atoms with Crippen LogP contribution in [0.2, 0.25) is 0 Å². The Morgan fingerprint density at radius 2 is 0.826 bits per heavy atom. The van der Waals surface area contributed by atoms with Gasteiger partial charge in [0.2, 0.25) is 0 Å². The van der Waals surface area contributed by atoms with Crippen molar-refractivity contribution in [3.05, 3.63) is 70.8 Å². The predicted octanol–water partition coefficient (Wildman–Crippen LogP) is 8.51. The number of carbonyl (C=O) groups excluding carboxylic acids is 4. The minimum absolute atomic E-state index is 0.0413. The fourth-order valence-corrected chi connectivity index (χ4v) is 4.29. The highest BCUT2D eigenvalue weighted by molar-refractivity contribution is 5.89. The maximum atomic E-state index is 12.0. The Kier molecular flexibility index (Phi) is 19.9. The topological polar surface area (TPSA) is 142 Å². The third kappa shape index (κ3) is 17.4. The monoisotopic (exact) mass is 646 g/mol. The number of hydrogen-bond acceptors (Lipinski definition) is 12. The molecule has 0 radical (unpaired) electrons. The van der Waals surface area contributed by atoms with Crippen molar-refractivity contribution in [1.82, 2.24) is 0 Å². The molecule has 0 saturated heterocycles. The van der Waals surface area contributed by atoms with Gasteiger partial charge in [0, 0.05) is 0 Å². The SMILES string of the molecule is CCCCCCc1ccc(C(=O)OOOC(=O)OCCCCCCOC(=O)OOOC(=O)c2ccc(CCCCCC)cc2)cc1. The number of benzene rings is 2. The Morgan fingerprint density at radius 3 is 1.20 bits per heavy atom. The molecule has 0 bridgehead atoms. The standard InChI is InChI=1S/C34H46O12/c1-3-5-7-11-15-27-17-21-29(22-18-27)31(35)41-45-43-33(37)39-25-13-9-10-14-26-40-34(38)44-46-42-32(36)30-23-19-28(20-24-30)16-12-8-6-4-2/h17-24H,3-16,25-26H2,1-2H3. The fourth-order valence-electron chi connectivity index (χ4n) is 4.29. The van der Waals surface area contributed by atoms with Crippen LogP contribution in [-0.2, 0) is 51.9 Å². The second-order valence-corrected chi connectivity index (χ2v) is 10.7. The molecule has 0 fully saturated rings. The smallest absolute Gasteiger partial charge is 0.432 e. The molecule has 0 aliphatic carbocycles. The molecule has 46 heavy (non-hydrogen) atoms. The van der Waals surface area contributed by atoms with Crippen molar-refractivity contribution in [2.24, 2.45) is 0 Å². The molecule has 0 N–H and O–H groups in total. The van der Waals surface area contributed by atoms with Crippen LogP contribution >= 0.6 is 0 Å². The van der Waals surface area contributed by atoms with E-state index in [1.807, 2.05) is 24.3 Å². The van der Waals surface area contributed by atoms with Crippen molar-refractivity contribution in [2.45, 2.75) is 104 Å². The highest BCUT2D eigenvalue weighted by atomic mass is 17.5. The molecule has 12 nitrogen and oxygen atoms in total. The second kappa shape index (κ2) is 24.1. The number of unbranched alkanes of at least 4 members (excludes halogenated alkanes) is 9. The lowest BCUT2D eigenvalue weighted by atomic mass is 10.0. The molecule has 0 heterocycles. The third-order valence-electron chi connectivity index (χ3n) is 6.92. The summed E-state index contributed by atoms with van der Waals surface area (Å²) in [5.41, 5.74) is 2.76. The van der Waals surface area contributed by atoms with Crippen LogP contribution in [0.25, 0.3) is 0 Å². The van der Waals surface area contributed by atoms with Gasteiger partial charge < -0.3 is 9.47 Å². The Bertz CT molecular complexity index is 1060. The zero-order valence-electron chi connectivity index (χ0n) is 26.8. The molecule has 0 saturated carbocycles. The van der Waals surface area contributed by atoms with E-state index in [1.165, 1.54) is 38.5 Å². The summed E-state index contributed by atoms with van der Waals surface area (Å²) in [6.45, 7) is 4.41. The van der Waals surface area contributed by atoms with E-state index < -0.39 is 24.2 Å². The van der Waals surface area contributed by atoms with Gasteiger partial charge >= 0.3 is 24.2 Å². The predicted molar refractivity (Wildman–Crippen MR) is 165 cm³/mol. The van der Waals surface area contributed by atoms with Crippen LogP contribution in [0.3, 0.4) is 0 Å². The first-order valence-corrected chi connectivity index (χ1v) is 16.0. The lowest BCUT2D eigenvalue weighted by Crippen LogP contribution is -2.13. The summed E-state index contributed by atoms with van der Waals surface area (Å²) >= 11 is 0. The average Bonchev–Trinajstić information content (AvgIpc) is 3.06. The van der Waals surface area contributed by atoms with Crippen molar-refractivity contribution in [3.8, 4) is 0 Å².